The monoisotopic (exact) mass is 270 g/mol. The highest BCUT2D eigenvalue weighted by Crippen LogP contribution is 2.43. The molecule has 1 aromatic carbocycles. The van der Waals surface area contributed by atoms with E-state index in [9.17, 15) is 9.18 Å². The van der Waals surface area contributed by atoms with Crippen molar-refractivity contribution in [3.8, 4) is 0 Å². The van der Waals surface area contributed by atoms with Crippen LogP contribution in [0.25, 0.3) is 0 Å². The molecule has 1 aliphatic carbocycles. The third kappa shape index (κ3) is 2.82. The van der Waals surface area contributed by atoms with Crippen LogP contribution in [0.5, 0.6) is 0 Å². The van der Waals surface area contributed by atoms with Crippen LogP contribution in [0.2, 0.25) is 5.02 Å². The van der Waals surface area contributed by atoms with E-state index in [1.54, 1.807) is 6.07 Å². The summed E-state index contributed by atoms with van der Waals surface area (Å²) in [7, 11) is 0. The smallest absolute Gasteiger partial charge is 0.224 e. The second-order valence-electron chi connectivity index (χ2n) is 4.91. The van der Waals surface area contributed by atoms with Gasteiger partial charge in [0.25, 0.3) is 0 Å². The molecule has 0 heterocycles. The van der Waals surface area contributed by atoms with E-state index < -0.39 is 5.82 Å². The van der Waals surface area contributed by atoms with Crippen molar-refractivity contribution in [3.05, 3.63) is 29.0 Å². The van der Waals surface area contributed by atoms with Crippen LogP contribution in [0.4, 0.5) is 10.1 Å². The fourth-order valence-electron chi connectivity index (χ4n) is 2.25. The fraction of sp³-hybridized carbons (Fsp3) is 0.462. The highest BCUT2D eigenvalue weighted by atomic mass is 35.5. The lowest BCUT2D eigenvalue weighted by atomic mass is 9.66. The number of nitrogens with two attached hydrogens (primary N) is 1. The molecule has 3 N–H and O–H groups in total. The molecule has 2 rings (SSSR count). The maximum atomic E-state index is 13.2. The molecule has 1 aliphatic rings. The van der Waals surface area contributed by atoms with Crippen LogP contribution in [-0.2, 0) is 4.79 Å². The van der Waals surface area contributed by atoms with Crippen molar-refractivity contribution in [2.45, 2.75) is 25.7 Å². The summed E-state index contributed by atoms with van der Waals surface area (Å²) in [4.78, 5) is 11.9. The summed E-state index contributed by atoms with van der Waals surface area (Å²) in [6.07, 6.45) is 3.51. The summed E-state index contributed by atoms with van der Waals surface area (Å²) in [5.41, 5.74) is 6.07. The molecule has 0 saturated heterocycles. The minimum Gasteiger partial charge on any atom is -0.330 e. The van der Waals surface area contributed by atoms with Gasteiger partial charge in [0, 0.05) is 12.1 Å². The van der Waals surface area contributed by atoms with Gasteiger partial charge >= 0.3 is 0 Å². The molecular weight excluding hydrogens is 255 g/mol. The first-order chi connectivity index (χ1) is 8.54. The zero-order valence-corrected chi connectivity index (χ0v) is 10.8. The molecule has 0 spiro atoms. The normalized spacial score (nSPS) is 17.1. The van der Waals surface area contributed by atoms with Crippen molar-refractivity contribution in [1.82, 2.24) is 0 Å². The quantitative estimate of drug-likeness (QED) is 0.884. The number of hydrogen-bond acceptors (Lipinski definition) is 2. The third-order valence-corrected chi connectivity index (χ3v) is 3.89. The van der Waals surface area contributed by atoms with Crippen molar-refractivity contribution in [2.75, 3.05) is 11.9 Å². The van der Waals surface area contributed by atoms with Crippen LogP contribution in [-0.4, -0.2) is 12.5 Å². The lowest BCUT2D eigenvalue weighted by molar-refractivity contribution is -0.119. The SMILES string of the molecule is NCC1(CC(=O)Nc2ccc(Cl)c(F)c2)CCC1. The molecule has 5 heteroatoms. The third-order valence-electron chi connectivity index (χ3n) is 3.59. The van der Waals surface area contributed by atoms with Crippen molar-refractivity contribution in [1.29, 1.82) is 0 Å². The molecule has 1 fully saturated rings. The van der Waals surface area contributed by atoms with Crippen molar-refractivity contribution >= 4 is 23.2 Å². The summed E-state index contributed by atoms with van der Waals surface area (Å²) in [5.74, 6) is -0.659. The molecule has 0 aliphatic heterocycles. The van der Waals surface area contributed by atoms with Gasteiger partial charge in [-0.2, -0.15) is 0 Å². The topological polar surface area (TPSA) is 55.1 Å². The van der Waals surface area contributed by atoms with Crippen LogP contribution in [0.1, 0.15) is 25.7 Å². The standard InChI is InChI=1S/C13H16ClFN2O/c14-10-3-2-9(6-11(10)15)17-12(18)7-13(8-16)4-1-5-13/h2-3,6H,1,4-5,7-8,16H2,(H,17,18). The predicted octanol–water partition coefficient (Wildman–Crippen LogP) is 2.94. The minimum absolute atomic E-state index is 0.0466. The Morgan fingerprint density at radius 2 is 2.22 bits per heavy atom. The molecule has 0 atom stereocenters. The molecule has 98 valence electrons. The van der Waals surface area contributed by atoms with E-state index in [1.165, 1.54) is 12.1 Å². The minimum atomic E-state index is -0.536. The van der Waals surface area contributed by atoms with Crippen LogP contribution >= 0.6 is 11.6 Å². The number of amides is 1. The Balaban J connectivity index is 1.96. The Hall–Kier alpha value is -1.13. The predicted molar refractivity (Wildman–Crippen MR) is 70.0 cm³/mol. The lowest BCUT2D eigenvalue weighted by Gasteiger charge is -2.40. The van der Waals surface area contributed by atoms with E-state index in [0.29, 0.717) is 18.7 Å². The van der Waals surface area contributed by atoms with Gasteiger partial charge in [0.2, 0.25) is 5.91 Å². The van der Waals surface area contributed by atoms with E-state index in [-0.39, 0.29) is 16.3 Å². The second-order valence-corrected chi connectivity index (χ2v) is 5.32. The first kappa shape index (κ1) is 13.3. The summed E-state index contributed by atoms with van der Waals surface area (Å²) < 4.78 is 13.2. The van der Waals surface area contributed by atoms with Gasteiger partial charge in [-0.15, -0.1) is 0 Å². The molecule has 1 saturated carbocycles. The molecule has 3 nitrogen and oxygen atoms in total. The highest BCUT2D eigenvalue weighted by Gasteiger charge is 2.37. The number of hydrogen-bond donors (Lipinski definition) is 2. The molecule has 1 amide bonds. The molecule has 1 aromatic rings. The Morgan fingerprint density at radius 3 is 2.72 bits per heavy atom. The number of carbonyl (C=O) groups is 1. The average Bonchev–Trinajstić information content (AvgIpc) is 2.29. The summed E-state index contributed by atoms with van der Waals surface area (Å²) in [6.45, 7) is 0.523. The summed E-state index contributed by atoms with van der Waals surface area (Å²) in [6, 6.07) is 4.23. The number of carbonyl (C=O) groups excluding carboxylic acids is 1. The maximum Gasteiger partial charge on any atom is 0.224 e. The van der Waals surface area contributed by atoms with Gasteiger partial charge in [-0.05, 0) is 43.0 Å². The number of benzene rings is 1. The van der Waals surface area contributed by atoms with Crippen LogP contribution in [0.3, 0.4) is 0 Å². The highest BCUT2D eigenvalue weighted by molar-refractivity contribution is 6.30. The van der Waals surface area contributed by atoms with Gasteiger partial charge in [-0.1, -0.05) is 18.0 Å². The van der Waals surface area contributed by atoms with E-state index in [0.717, 1.165) is 19.3 Å². The Bertz CT molecular complexity index is 455. The largest absolute Gasteiger partial charge is 0.330 e. The van der Waals surface area contributed by atoms with Crippen molar-refractivity contribution in [2.24, 2.45) is 11.1 Å². The zero-order chi connectivity index (χ0) is 13.2. The maximum absolute atomic E-state index is 13.2. The van der Waals surface area contributed by atoms with Gasteiger partial charge < -0.3 is 11.1 Å². The van der Waals surface area contributed by atoms with Gasteiger partial charge in [-0.25, -0.2) is 4.39 Å². The summed E-state index contributed by atoms with van der Waals surface area (Å²) >= 11 is 5.57. The summed E-state index contributed by atoms with van der Waals surface area (Å²) in [5, 5.41) is 2.72. The van der Waals surface area contributed by atoms with Gasteiger partial charge in [-0.3, -0.25) is 4.79 Å². The molecule has 0 bridgehead atoms. The zero-order valence-electron chi connectivity index (χ0n) is 10.0. The first-order valence-corrected chi connectivity index (χ1v) is 6.37. The van der Waals surface area contributed by atoms with Crippen LogP contribution < -0.4 is 11.1 Å². The molecule has 18 heavy (non-hydrogen) atoms. The average molecular weight is 271 g/mol. The van der Waals surface area contributed by atoms with Crippen molar-refractivity contribution < 1.29 is 9.18 Å². The lowest BCUT2D eigenvalue weighted by Crippen LogP contribution is -2.40. The number of nitrogens with one attached hydrogen (secondary N) is 1. The van der Waals surface area contributed by atoms with E-state index in [1.807, 2.05) is 0 Å². The van der Waals surface area contributed by atoms with Gasteiger partial charge in [0.1, 0.15) is 5.82 Å². The van der Waals surface area contributed by atoms with E-state index in [2.05, 4.69) is 5.32 Å². The van der Waals surface area contributed by atoms with Crippen LogP contribution in [0.15, 0.2) is 18.2 Å². The second kappa shape index (κ2) is 5.24. The molecular formula is C13H16ClFN2O. The first-order valence-electron chi connectivity index (χ1n) is 6.00. The van der Waals surface area contributed by atoms with E-state index >= 15 is 0 Å². The Morgan fingerprint density at radius 1 is 1.50 bits per heavy atom. The number of rotatable bonds is 4. The number of halogens is 2. The van der Waals surface area contributed by atoms with Gasteiger partial charge in [0.05, 0.1) is 5.02 Å². The van der Waals surface area contributed by atoms with Gasteiger partial charge in [0.15, 0.2) is 0 Å². The van der Waals surface area contributed by atoms with Crippen LogP contribution in [0, 0.1) is 11.2 Å². The Labute approximate surface area is 111 Å². The fourth-order valence-corrected chi connectivity index (χ4v) is 2.37. The molecule has 0 aromatic heterocycles. The van der Waals surface area contributed by atoms with Crippen molar-refractivity contribution in [3.63, 3.8) is 0 Å². The Kier molecular flexibility index (Phi) is 3.88. The number of anilines is 1. The van der Waals surface area contributed by atoms with E-state index in [4.69, 9.17) is 17.3 Å². The molecule has 0 unspecified atom stereocenters. The molecule has 0 radical (unpaired) electrons.